The van der Waals surface area contributed by atoms with Gasteiger partial charge in [-0.2, -0.15) is 0 Å². The zero-order valence-electron chi connectivity index (χ0n) is 12.2. The first-order valence-corrected chi connectivity index (χ1v) is 7.06. The summed E-state index contributed by atoms with van der Waals surface area (Å²) in [6.07, 6.45) is 6.89. The van der Waals surface area contributed by atoms with Gasteiger partial charge in [-0.15, -0.1) is 0 Å². The van der Waals surface area contributed by atoms with E-state index in [9.17, 15) is 0 Å². The van der Waals surface area contributed by atoms with Crippen molar-refractivity contribution in [3.05, 3.63) is 0 Å². The van der Waals surface area contributed by atoms with E-state index in [1.807, 2.05) is 0 Å². The van der Waals surface area contributed by atoms with E-state index >= 15 is 0 Å². The summed E-state index contributed by atoms with van der Waals surface area (Å²) in [5.41, 5.74) is 1.04. The number of nitrogens with one attached hydrogen (secondary N) is 1. The van der Waals surface area contributed by atoms with Gasteiger partial charge in [-0.3, -0.25) is 0 Å². The van der Waals surface area contributed by atoms with Gasteiger partial charge in [0.15, 0.2) is 0 Å². The second-order valence-electron chi connectivity index (χ2n) is 6.67. The van der Waals surface area contributed by atoms with Crippen LogP contribution in [0.3, 0.4) is 0 Å². The van der Waals surface area contributed by atoms with Crippen LogP contribution in [0.15, 0.2) is 0 Å². The Labute approximate surface area is 102 Å². The van der Waals surface area contributed by atoms with E-state index < -0.39 is 0 Å². The Morgan fingerprint density at radius 2 is 1.56 bits per heavy atom. The molecule has 0 heterocycles. The second kappa shape index (κ2) is 5.08. The van der Waals surface area contributed by atoms with Crippen LogP contribution in [0.2, 0.25) is 0 Å². The van der Waals surface area contributed by atoms with Crippen molar-refractivity contribution in [1.29, 1.82) is 0 Å². The summed E-state index contributed by atoms with van der Waals surface area (Å²) < 4.78 is 0. The highest BCUT2D eigenvalue weighted by atomic mass is 14.9. The molecule has 0 aromatic heterocycles. The zero-order chi connectivity index (χ0) is 12.4. The maximum Gasteiger partial charge on any atom is 0.0103 e. The highest BCUT2D eigenvalue weighted by Crippen LogP contribution is 2.69. The molecule has 0 radical (unpaired) electrons. The molecule has 1 aliphatic carbocycles. The molecule has 1 rings (SSSR count). The summed E-state index contributed by atoms with van der Waals surface area (Å²) in [4.78, 5) is 0. The van der Waals surface area contributed by atoms with Crippen LogP contribution in [0.1, 0.15) is 66.7 Å². The van der Waals surface area contributed by atoms with Gasteiger partial charge in [-0.25, -0.2) is 0 Å². The molecule has 1 nitrogen and oxygen atoms in total. The third kappa shape index (κ3) is 2.45. The molecule has 1 aliphatic rings. The van der Waals surface area contributed by atoms with Crippen LogP contribution in [0.25, 0.3) is 0 Å². The molecule has 1 saturated carbocycles. The molecule has 0 bridgehead atoms. The molecular formula is C15H31N. The van der Waals surface area contributed by atoms with Crippen LogP contribution in [0.5, 0.6) is 0 Å². The molecule has 1 unspecified atom stereocenters. The van der Waals surface area contributed by atoms with Gasteiger partial charge in [0.25, 0.3) is 0 Å². The maximum atomic E-state index is 3.55. The summed E-state index contributed by atoms with van der Waals surface area (Å²) in [6, 6.07) is 0.724. The lowest BCUT2D eigenvalue weighted by molar-refractivity contribution is 0.386. The maximum absolute atomic E-state index is 3.55. The third-order valence-electron chi connectivity index (χ3n) is 5.27. The average Bonchev–Trinajstić information content (AvgIpc) is 2.60. The molecule has 16 heavy (non-hydrogen) atoms. The monoisotopic (exact) mass is 225 g/mol. The highest BCUT2D eigenvalue weighted by Gasteiger charge is 2.66. The van der Waals surface area contributed by atoms with E-state index in [4.69, 9.17) is 0 Å². The van der Waals surface area contributed by atoms with Crippen LogP contribution in [-0.4, -0.2) is 13.1 Å². The van der Waals surface area contributed by atoms with Gasteiger partial charge in [-0.1, -0.05) is 60.3 Å². The molecule has 1 fully saturated rings. The topological polar surface area (TPSA) is 12.0 Å². The Morgan fingerprint density at radius 3 is 1.94 bits per heavy atom. The minimum Gasteiger partial charge on any atom is -0.317 e. The SMILES string of the molecule is CCCCCCC(NC)C1C(C)(C)C1(C)C. The van der Waals surface area contributed by atoms with Gasteiger partial charge >= 0.3 is 0 Å². The average molecular weight is 225 g/mol. The van der Waals surface area contributed by atoms with E-state index in [-0.39, 0.29) is 0 Å². The molecule has 0 spiro atoms. The van der Waals surface area contributed by atoms with Crippen molar-refractivity contribution >= 4 is 0 Å². The number of unbranched alkanes of at least 4 members (excludes halogenated alkanes) is 3. The van der Waals surface area contributed by atoms with Gasteiger partial charge in [0, 0.05) is 6.04 Å². The lowest BCUT2D eigenvalue weighted by atomic mass is 9.98. The van der Waals surface area contributed by atoms with E-state index in [0.717, 1.165) is 12.0 Å². The minimum absolute atomic E-state index is 0.519. The predicted octanol–water partition coefficient (Wildman–Crippen LogP) is 4.23. The molecule has 1 heteroatoms. The lowest BCUT2D eigenvalue weighted by Gasteiger charge is -2.18. The van der Waals surface area contributed by atoms with Crippen molar-refractivity contribution in [2.45, 2.75) is 72.8 Å². The first kappa shape index (κ1) is 14.0. The second-order valence-corrected chi connectivity index (χ2v) is 6.67. The Kier molecular flexibility index (Phi) is 4.45. The summed E-state index contributed by atoms with van der Waals surface area (Å²) in [5, 5.41) is 3.55. The molecule has 96 valence electrons. The third-order valence-corrected chi connectivity index (χ3v) is 5.27. The molecule has 0 aliphatic heterocycles. The van der Waals surface area contributed by atoms with Crippen molar-refractivity contribution in [3.8, 4) is 0 Å². The fourth-order valence-electron chi connectivity index (χ4n) is 3.52. The van der Waals surface area contributed by atoms with Crippen molar-refractivity contribution in [2.75, 3.05) is 7.05 Å². The van der Waals surface area contributed by atoms with Gasteiger partial charge < -0.3 is 5.32 Å². The lowest BCUT2D eigenvalue weighted by Crippen LogP contribution is -2.30. The Balaban J connectivity index is 2.39. The standard InChI is InChI=1S/C15H31N/c1-7-8-9-10-11-12(16-6)13-14(2,3)15(13,4)5/h12-13,16H,7-11H2,1-6H3. The Bertz CT molecular complexity index is 203. The minimum atomic E-state index is 0.519. The zero-order valence-corrected chi connectivity index (χ0v) is 12.2. The van der Waals surface area contributed by atoms with Crippen LogP contribution in [-0.2, 0) is 0 Å². The smallest absolute Gasteiger partial charge is 0.0103 e. The van der Waals surface area contributed by atoms with Gasteiger partial charge in [0.05, 0.1) is 0 Å². The molecular weight excluding hydrogens is 194 g/mol. The molecule has 0 aromatic rings. The van der Waals surface area contributed by atoms with Crippen LogP contribution in [0.4, 0.5) is 0 Å². The summed E-state index contributed by atoms with van der Waals surface area (Å²) in [6.45, 7) is 12.0. The molecule has 0 aromatic carbocycles. The molecule has 0 amide bonds. The Hall–Kier alpha value is -0.0400. The molecule has 1 atom stereocenters. The first-order chi connectivity index (χ1) is 7.39. The van der Waals surface area contributed by atoms with Gasteiger partial charge in [0.1, 0.15) is 0 Å². The normalized spacial score (nSPS) is 24.4. The van der Waals surface area contributed by atoms with E-state index in [1.54, 1.807) is 0 Å². The predicted molar refractivity (Wildman–Crippen MR) is 72.7 cm³/mol. The number of hydrogen-bond donors (Lipinski definition) is 1. The quantitative estimate of drug-likeness (QED) is 0.639. The summed E-state index contributed by atoms with van der Waals surface area (Å²) >= 11 is 0. The highest BCUT2D eigenvalue weighted by molar-refractivity contribution is 5.15. The summed E-state index contributed by atoms with van der Waals surface area (Å²) in [5.74, 6) is 0.853. The number of rotatable bonds is 7. The van der Waals surface area contributed by atoms with E-state index in [1.165, 1.54) is 32.1 Å². The van der Waals surface area contributed by atoms with Crippen LogP contribution >= 0.6 is 0 Å². The van der Waals surface area contributed by atoms with Gasteiger partial charge in [0.2, 0.25) is 0 Å². The molecule has 0 saturated heterocycles. The van der Waals surface area contributed by atoms with Gasteiger partial charge in [-0.05, 0) is 30.2 Å². The van der Waals surface area contributed by atoms with E-state index in [2.05, 4.69) is 47.0 Å². The Morgan fingerprint density at radius 1 is 1.00 bits per heavy atom. The van der Waals surface area contributed by atoms with Crippen molar-refractivity contribution in [3.63, 3.8) is 0 Å². The summed E-state index contributed by atoms with van der Waals surface area (Å²) in [7, 11) is 2.13. The van der Waals surface area contributed by atoms with Crippen molar-refractivity contribution in [1.82, 2.24) is 5.32 Å². The molecule has 1 N–H and O–H groups in total. The van der Waals surface area contributed by atoms with Crippen LogP contribution < -0.4 is 5.32 Å². The first-order valence-electron chi connectivity index (χ1n) is 7.06. The van der Waals surface area contributed by atoms with E-state index in [0.29, 0.717) is 10.8 Å². The largest absolute Gasteiger partial charge is 0.317 e. The van der Waals surface area contributed by atoms with Crippen molar-refractivity contribution in [2.24, 2.45) is 16.7 Å². The fourth-order valence-corrected chi connectivity index (χ4v) is 3.52. The van der Waals surface area contributed by atoms with Crippen LogP contribution in [0, 0.1) is 16.7 Å². The number of hydrogen-bond acceptors (Lipinski definition) is 1. The van der Waals surface area contributed by atoms with Crippen molar-refractivity contribution < 1.29 is 0 Å². The fraction of sp³-hybridized carbons (Fsp3) is 1.00.